The van der Waals surface area contributed by atoms with E-state index in [1.54, 1.807) is 0 Å². The monoisotopic (exact) mass is 236 g/mol. The van der Waals surface area contributed by atoms with Crippen LogP contribution in [0.25, 0.3) is 16.9 Å². The van der Waals surface area contributed by atoms with Gasteiger partial charge in [0.2, 0.25) is 0 Å². The molecule has 0 saturated carbocycles. The standard InChI is InChI=1S/C16H16N2/c1-12(2)13-6-8-14(9-7-13)16-17-11-15-5-3-4-10-18(15)16/h3-12H,1-2H3. The Bertz CT molecular complexity index is 663. The average Bonchev–Trinajstić information content (AvgIpc) is 2.82. The molecule has 0 bridgehead atoms. The molecule has 0 atom stereocenters. The lowest BCUT2D eigenvalue weighted by Gasteiger charge is -2.06. The Morgan fingerprint density at radius 2 is 1.78 bits per heavy atom. The third kappa shape index (κ3) is 1.80. The van der Waals surface area contributed by atoms with Gasteiger partial charge in [-0.25, -0.2) is 4.98 Å². The highest BCUT2D eigenvalue weighted by Gasteiger charge is 2.06. The van der Waals surface area contributed by atoms with Crippen LogP contribution in [0.15, 0.2) is 54.9 Å². The molecule has 3 rings (SSSR count). The van der Waals surface area contributed by atoms with Crippen molar-refractivity contribution in [2.45, 2.75) is 19.8 Å². The molecule has 90 valence electrons. The molecule has 2 nitrogen and oxygen atoms in total. The second-order valence-corrected chi connectivity index (χ2v) is 4.85. The molecule has 0 spiro atoms. The number of aromatic nitrogens is 2. The highest BCUT2D eigenvalue weighted by Crippen LogP contribution is 2.22. The quantitative estimate of drug-likeness (QED) is 0.654. The second-order valence-electron chi connectivity index (χ2n) is 4.85. The van der Waals surface area contributed by atoms with Crippen LogP contribution >= 0.6 is 0 Å². The van der Waals surface area contributed by atoms with E-state index in [0.717, 1.165) is 16.9 Å². The van der Waals surface area contributed by atoms with E-state index in [9.17, 15) is 0 Å². The molecule has 2 heteroatoms. The van der Waals surface area contributed by atoms with Crippen molar-refractivity contribution in [3.63, 3.8) is 0 Å². The van der Waals surface area contributed by atoms with Gasteiger partial charge in [0.15, 0.2) is 0 Å². The molecular weight excluding hydrogens is 220 g/mol. The van der Waals surface area contributed by atoms with Crippen LogP contribution in [0.1, 0.15) is 25.3 Å². The number of fused-ring (bicyclic) bond motifs is 1. The zero-order chi connectivity index (χ0) is 12.5. The first-order chi connectivity index (χ1) is 8.75. The van der Waals surface area contributed by atoms with Gasteiger partial charge in [-0.2, -0.15) is 0 Å². The first-order valence-electron chi connectivity index (χ1n) is 6.28. The Morgan fingerprint density at radius 3 is 2.50 bits per heavy atom. The Morgan fingerprint density at radius 1 is 1.00 bits per heavy atom. The van der Waals surface area contributed by atoms with Crippen molar-refractivity contribution in [3.05, 3.63) is 60.4 Å². The van der Waals surface area contributed by atoms with Gasteiger partial charge in [-0.15, -0.1) is 0 Å². The van der Waals surface area contributed by atoms with Crippen LogP contribution in [0.2, 0.25) is 0 Å². The van der Waals surface area contributed by atoms with Crippen LogP contribution in [-0.4, -0.2) is 9.38 Å². The normalized spacial score (nSPS) is 11.3. The van der Waals surface area contributed by atoms with Crippen LogP contribution in [0.3, 0.4) is 0 Å². The number of nitrogens with zero attached hydrogens (tertiary/aromatic N) is 2. The van der Waals surface area contributed by atoms with E-state index in [0.29, 0.717) is 5.92 Å². The number of imidazole rings is 1. The number of pyridine rings is 1. The predicted molar refractivity (Wildman–Crippen MR) is 74.7 cm³/mol. The summed E-state index contributed by atoms with van der Waals surface area (Å²) in [5.74, 6) is 1.57. The molecule has 3 aromatic rings. The molecule has 0 unspecified atom stereocenters. The molecule has 0 aliphatic rings. The van der Waals surface area contributed by atoms with Crippen molar-refractivity contribution in [3.8, 4) is 11.4 Å². The van der Waals surface area contributed by atoms with Crippen LogP contribution < -0.4 is 0 Å². The molecular formula is C16H16N2. The Balaban J connectivity index is 2.09. The van der Waals surface area contributed by atoms with Gasteiger partial charge in [0.1, 0.15) is 5.82 Å². The largest absolute Gasteiger partial charge is 0.300 e. The van der Waals surface area contributed by atoms with E-state index in [-0.39, 0.29) is 0 Å². The van der Waals surface area contributed by atoms with Crippen molar-refractivity contribution in [1.82, 2.24) is 9.38 Å². The highest BCUT2D eigenvalue weighted by molar-refractivity contribution is 5.62. The Labute approximate surface area is 107 Å². The van der Waals surface area contributed by atoms with Gasteiger partial charge in [-0.3, -0.25) is 4.40 Å². The predicted octanol–water partition coefficient (Wildman–Crippen LogP) is 4.12. The number of hydrogen-bond donors (Lipinski definition) is 0. The van der Waals surface area contributed by atoms with E-state index in [2.05, 4.69) is 53.6 Å². The van der Waals surface area contributed by atoms with Gasteiger partial charge < -0.3 is 0 Å². The highest BCUT2D eigenvalue weighted by atomic mass is 15.0. The van der Waals surface area contributed by atoms with Crippen molar-refractivity contribution < 1.29 is 0 Å². The number of rotatable bonds is 2. The molecule has 0 amide bonds. The van der Waals surface area contributed by atoms with E-state index in [1.165, 1.54) is 5.56 Å². The lowest BCUT2D eigenvalue weighted by Crippen LogP contribution is -1.90. The van der Waals surface area contributed by atoms with Crippen LogP contribution in [0.5, 0.6) is 0 Å². The maximum atomic E-state index is 4.50. The fraction of sp³-hybridized carbons (Fsp3) is 0.188. The summed E-state index contributed by atoms with van der Waals surface area (Å²) in [5, 5.41) is 0. The van der Waals surface area contributed by atoms with Gasteiger partial charge in [0, 0.05) is 11.8 Å². The van der Waals surface area contributed by atoms with Crippen LogP contribution in [-0.2, 0) is 0 Å². The van der Waals surface area contributed by atoms with E-state index in [4.69, 9.17) is 0 Å². The molecule has 0 aliphatic carbocycles. The summed E-state index contributed by atoms with van der Waals surface area (Å²) in [6.45, 7) is 4.42. The van der Waals surface area contributed by atoms with E-state index >= 15 is 0 Å². The summed E-state index contributed by atoms with van der Waals surface area (Å²) in [6.07, 6.45) is 3.96. The first-order valence-corrected chi connectivity index (χ1v) is 6.28. The summed E-state index contributed by atoms with van der Waals surface area (Å²) in [7, 11) is 0. The van der Waals surface area contributed by atoms with Crippen molar-refractivity contribution >= 4 is 5.52 Å². The maximum Gasteiger partial charge on any atom is 0.144 e. The number of hydrogen-bond acceptors (Lipinski definition) is 1. The summed E-state index contributed by atoms with van der Waals surface area (Å²) in [5.41, 5.74) is 3.64. The fourth-order valence-electron chi connectivity index (χ4n) is 2.17. The zero-order valence-corrected chi connectivity index (χ0v) is 10.7. The molecule has 2 aromatic heterocycles. The van der Waals surface area contributed by atoms with E-state index in [1.807, 2.05) is 24.5 Å². The maximum absolute atomic E-state index is 4.50. The van der Waals surface area contributed by atoms with Gasteiger partial charge >= 0.3 is 0 Å². The minimum Gasteiger partial charge on any atom is -0.300 e. The third-order valence-corrected chi connectivity index (χ3v) is 3.27. The topological polar surface area (TPSA) is 17.3 Å². The zero-order valence-electron chi connectivity index (χ0n) is 10.7. The summed E-state index contributed by atoms with van der Waals surface area (Å²) in [6, 6.07) is 14.8. The van der Waals surface area contributed by atoms with Crippen molar-refractivity contribution in [2.24, 2.45) is 0 Å². The molecule has 0 saturated heterocycles. The summed E-state index contributed by atoms with van der Waals surface area (Å²) in [4.78, 5) is 4.50. The molecule has 0 fully saturated rings. The first kappa shape index (κ1) is 11.0. The third-order valence-electron chi connectivity index (χ3n) is 3.27. The van der Waals surface area contributed by atoms with Crippen molar-refractivity contribution in [2.75, 3.05) is 0 Å². The SMILES string of the molecule is CC(C)c1ccc(-c2ncc3ccccn23)cc1. The van der Waals surface area contributed by atoms with E-state index < -0.39 is 0 Å². The molecule has 18 heavy (non-hydrogen) atoms. The fourth-order valence-corrected chi connectivity index (χ4v) is 2.17. The Kier molecular flexibility index (Phi) is 2.63. The van der Waals surface area contributed by atoms with Gasteiger partial charge in [-0.1, -0.05) is 44.2 Å². The van der Waals surface area contributed by atoms with Crippen LogP contribution in [0.4, 0.5) is 0 Å². The minimum absolute atomic E-state index is 0.566. The molecule has 0 N–H and O–H groups in total. The molecule has 0 aliphatic heterocycles. The van der Waals surface area contributed by atoms with Crippen LogP contribution in [0, 0.1) is 0 Å². The smallest absolute Gasteiger partial charge is 0.144 e. The minimum atomic E-state index is 0.566. The van der Waals surface area contributed by atoms with Gasteiger partial charge in [-0.05, 0) is 23.6 Å². The van der Waals surface area contributed by atoms with Gasteiger partial charge in [0.25, 0.3) is 0 Å². The lowest BCUT2D eigenvalue weighted by molar-refractivity contribution is 0.867. The molecule has 0 radical (unpaired) electrons. The second kappa shape index (κ2) is 4.30. The molecule has 1 aromatic carbocycles. The number of benzene rings is 1. The lowest BCUT2D eigenvalue weighted by atomic mass is 10.0. The molecule has 2 heterocycles. The van der Waals surface area contributed by atoms with Gasteiger partial charge in [0.05, 0.1) is 11.7 Å². The average molecular weight is 236 g/mol. The summed E-state index contributed by atoms with van der Waals surface area (Å²) < 4.78 is 2.12. The summed E-state index contributed by atoms with van der Waals surface area (Å²) >= 11 is 0. The Hall–Kier alpha value is -2.09. The van der Waals surface area contributed by atoms with Crippen molar-refractivity contribution in [1.29, 1.82) is 0 Å².